The lowest BCUT2D eigenvalue weighted by atomic mass is 10.3. The van der Waals surface area contributed by atoms with Gasteiger partial charge in [0.1, 0.15) is 5.82 Å². The minimum atomic E-state index is -0.0852. The molecule has 0 radical (unpaired) electrons. The Kier molecular flexibility index (Phi) is 15.8. The highest BCUT2D eigenvalue weighted by molar-refractivity contribution is 14.0. The van der Waals surface area contributed by atoms with E-state index in [2.05, 4.69) is 25.9 Å². The molecule has 9 heteroatoms. The molecule has 1 amide bonds. The Bertz CT molecular complexity index is 558. The molecule has 0 bridgehead atoms. The van der Waals surface area contributed by atoms with Crippen LogP contribution in [0.5, 0.6) is 0 Å². The van der Waals surface area contributed by atoms with Crippen LogP contribution in [0.25, 0.3) is 0 Å². The van der Waals surface area contributed by atoms with Crippen LogP contribution in [0.4, 0.5) is 5.82 Å². The fourth-order valence-electron chi connectivity index (χ4n) is 2.06. The molecule has 0 atom stereocenters. The van der Waals surface area contributed by atoms with Gasteiger partial charge in [-0.15, -0.1) is 24.0 Å². The maximum absolute atomic E-state index is 12.0. The molecular formula is C18H32IN5O3. The van der Waals surface area contributed by atoms with Crippen molar-refractivity contribution in [3.05, 3.63) is 23.9 Å². The van der Waals surface area contributed by atoms with Crippen LogP contribution in [0.2, 0.25) is 0 Å². The maximum Gasteiger partial charge on any atom is 0.227 e. The van der Waals surface area contributed by atoms with E-state index in [1.165, 1.54) is 0 Å². The summed E-state index contributed by atoms with van der Waals surface area (Å²) in [5.41, 5.74) is 0.869. The van der Waals surface area contributed by atoms with Crippen LogP contribution in [0.15, 0.2) is 23.2 Å². The highest BCUT2D eigenvalue weighted by Crippen LogP contribution is 2.03. The number of carbonyl (C=O) groups excluding carboxylic acids is 1. The average molecular weight is 493 g/mol. The standard InChI is InChI=1S/C18H31N5O3.HI/c1-4-19-18(20-10-6-12-26-14-13-25-3)21-11-9-17(24)23-16-8-5-7-15(2)22-16;/h5,7-8H,4,6,9-14H2,1-3H3,(H2,19,20,21)(H,22,23,24);1H. The van der Waals surface area contributed by atoms with Crippen molar-refractivity contribution in [2.75, 3.05) is 51.9 Å². The number of nitrogens with one attached hydrogen (secondary N) is 3. The number of carbonyl (C=O) groups is 1. The zero-order valence-electron chi connectivity index (χ0n) is 16.4. The molecule has 0 unspecified atom stereocenters. The number of amides is 1. The molecule has 8 nitrogen and oxygen atoms in total. The van der Waals surface area contributed by atoms with Crippen molar-refractivity contribution in [2.45, 2.75) is 26.7 Å². The molecule has 0 saturated carbocycles. The summed E-state index contributed by atoms with van der Waals surface area (Å²) in [5.74, 6) is 1.19. The van der Waals surface area contributed by atoms with Crippen LogP contribution in [0.1, 0.15) is 25.5 Å². The van der Waals surface area contributed by atoms with Gasteiger partial charge in [0.05, 0.1) is 13.2 Å². The number of methoxy groups -OCH3 is 1. The fourth-order valence-corrected chi connectivity index (χ4v) is 2.06. The van der Waals surface area contributed by atoms with Gasteiger partial charge < -0.3 is 25.4 Å². The molecule has 1 heterocycles. The van der Waals surface area contributed by atoms with E-state index in [0.29, 0.717) is 51.1 Å². The number of anilines is 1. The molecule has 0 spiro atoms. The van der Waals surface area contributed by atoms with E-state index in [1.807, 2.05) is 26.0 Å². The van der Waals surface area contributed by atoms with E-state index in [-0.39, 0.29) is 29.9 Å². The molecule has 0 aromatic carbocycles. The second-order valence-corrected chi connectivity index (χ2v) is 5.61. The Morgan fingerprint density at radius 3 is 2.74 bits per heavy atom. The van der Waals surface area contributed by atoms with E-state index >= 15 is 0 Å². The highest BCUT2D eigenvalue weighted by Gasteiger charge is 2.04. The summed E-state index contributed by atoms with van der Waals surface area (Å²) in [7, 11) is 1.65. The zero-order chi connectivity index (χ0) is 19.0. The third-order valence-electron chi connectivity index (χ3n) is 3.29. The van der Waals surface area contributed by atoms with Crippen LogP contribution < -0.4 is 16.0 Å². The van der Waals surface area contributed by atoms with Crippen molar-refractivity contribution < 1.29 is 14.3 Å². The van der Waals surface area contributed by atoms with Crippen LogP contribution >= 0.6 is 24.0 Å². The van der Waals surface area contributed by atoms with E-state index in [0.717, 1.165) is 18.7 Å². The first-order chi connectivity index (χ1) is 12.7. The Balaban J connectivity index is 0.00000676. The Hall–Kier alpha value is -1.46. The number of guanidine groups is 1. The van der Waals surface area contributed by atoms with Gasteiger partial charge in [0.15, 0.2) is 5.96 Å². The van der Waals surface area contributed by atoms with Crippen LogP contribution in [-0.4, -0.2) is 63.4 Å². The Morgan fingerprint density at radius 2 is 2.04 bits per heavy atom. The molecule has 1 aromatic heterocycles. The number of hydrogen-bond donors (Lipinski definition) is 3. The SMILES string of the molecule is CCNC(=NCCCOCCOC)NCCC(=O)Nc1cccc(C)n1.I. The number of hydrogen-bond acceptors (Lipinski definition) is 5. The van der Waals surface area contributed by atoms with E-state index in [9.17, 15) is 4.79 Å². The molecule has 1 rings (SSSR count). The summed E-state index contributed by atoms with van der Waals surface area (Å²) in [5, 5.41) is 9.10. The average Bonchev–Trinajstić information content (AvgIpc) is 2.61. The number of aliphatic imine (C=N–C) groups is 1. The van der Waals surface area contributed by atoms with E-state index in [4.69, 9.17) is 9.47 Å². The fraction of sp³-hybridized carbons (Fsp3) is 0.611. The number of aromatic nitrogens is 1. The molecule has 0 aliphatic rings. The van der Waals surface area contributed by atoms with Crippen LogP contribution in [0, 0.1) is 6.92 Å². The number of aryl methyl sites for hydroxylation is 1. The van der Waals surface area contributed by atoms with Gasteiger partial charge >= 0.3 is 0 Å². The van der Waals surface area contributed by atoms with Gasteiger partial charge in [0.2, 0.25) is 5.91 Å². The predicted octanol–water partition coefficient (Wildman–Crippen LogP) is 1.94. The van der Waals surface area contributed by atoms with Gasteiger partial charge in [0, 0.05) is 45.5 Å². The van der Waals surface area contributed by atoms with Crippen LogP contribution in [-0.2, 0) is 14.3 Å². The van der Waals surface area contributed by atoms with Crippen molar-refractivity contribution in [1.29, 1.82) is 0 Å². The second kappa shape index (κ2) is 16.7. The van der Waals surface area contributed by atoms with E-state index in [1.54, 1.807) is 13.2 Å². The van der Waals surface area contributed by atoms with E-state index < -0.39 is 0 Å². The third kappa shape index (κ3) is 13.4. The van der Waals surface area contributed by atoms with Crippen LogP contribution in [0.3, 0.4) is 0 Å². The summed E-state index contributed by atoms with van der Waals surface area (Å²) in [6.45, 7) is 7.65. The topological polar surface area (TPSA) is 96.9 Å². The lowest BCUT2D eigenvalue weighted by Gasteiger charge is -2.11. The first kappa shape index (κ1) is 25.5. The lowest BCUT2D eigenvalue weighted by Crippen LogP contribution is -2.38. The molecule has 0 aliphatic carbocycles. The first-order valence-corrected chi connectivity index (χ1v) is 8.98. The number of nitrogens with zero attached hydrogens (tertiary/aromatic N) is 2. The number of ether oxygens (including phenoxy) is 2. The molecule has 154 valence electrons. The van der Waals surface area contributed by atoms with Gasteiger partial charge in [-0.3, -0.25) is 9.79 Å². The van der Waals surface area contributed by atoms with Gasteiger partial charge in [0.25, 0.3) is 0 Å². The van der Waals surface area contributed by atoms with Gasteiger partial charge in [-0.2, -0.15) is 0 Å². The maximum atomic E-state index is 12.0. The molecule has 3 N–H and O–H groups in total. The third-order valence-corrected chi connectivity index (χ3v) is 3.29. The minimum absolute atomic E-state index is 0. The van der Waals surface area contributed by atoms with Crippen molar-refractivity contribution in [1.82, 2.24) is 15.6 Å². The van der Waals surface area contributed by atoms with Crippen molar-refractivity contribution in [3.8, 4) is 0 Å². The second-order valence-electron chi connectivity index (χ2n) is 5.61. The quantitative estimate of drug-likeness (QED) is 0.178. The normalized spacial score (nSPS) is 10.9. The summed E-state index contributed by atoms with van der Waals surface area (Å²) >= 11 is 0. The van der Waals surface area contributed by atoms with Crippen molar-refractivity contribution >= 4 is 41.7 Å². The Morgan fingerprint density at radius 1 is 1.22 bits per heavy atom. The first-order valence-electron chi connectivity index (χ1n) is 8.98. The summed E-state index contributed by atoms with van der Waals surface area (Å²) in [4.78, 5) is 20.7. The Labute approximate surface area is 178 Å². The molecule has 0 saturated heterocycles. The van der Waals surface area contributed by atoms with Crippen molar-refractivity contribution in [2.24, 2.45) is 4.99 Å². The number of pyridine rings is 1. The molecule has 0 aliphatic heterocycles. The lowest BCUT2D eigenvalue weighted by molar-refractivity contribution is -0.116. The summed E-state index contributed by atoms with van der Waals surface area (Å²) < 4.78 is 10.3. The van der Waals surface area contributed by atoms with Gasteiger partial charge in [-0.25, -0.2) is 4.98 Å². The zero-order valence-corrected chi connectivity index (χ0v) is 18.7. The smallest absolute Gasteiger partial charge is 0.227 e. The van der Waals surface area contributed by atoms with Gasteiger partial charge in [-0.1, -0.05) is 6.07 Å². The molecule has 27 heavy (non-hydrogen) atoms. The summed E-state index contributed by atoms with van der Waals surface area (Å²) in [6.07, 6.45) is 1.17. The van der Waals surface area contributed by atoms with Gasteiger partial charge in [-0.05, 0) is 32.4 Å². The highest BCUT2D eigenvalue weighted by atomic mass is 127. The molecule has 1 aromatic rings. The number of rotatable bonds is 12. The van der Waals surface area contributed by atoms with Crippen molar-refractivity contribution in [3.63, 3.8) is 0 Å². The predicted molar refractivity (Wildman–Crippen MR) is 119 cm³/mol. The monoisotopic (exact) mass is 493 g/mol. The molecule has 0 fully saturated rings. The summed E-state index contributed by atoms with van der Waals surface area (Å²) in [6, 6.07) is 5.53. The number of halogens is 1. The largest absolute Gasteiger partial charge is 0.382 e. The minimum Gasteiger partial charge on any atom is -0.382 e. The molecular weight excluding hydrogens is 461 g/mol.